The van der Waals surface area contributed by atoms with E-state index in [1.807, 2.05) is 31.2 Å². The largest absolute Gasteiger partial charge is 0.339 e. The molecule has 2 aromatic heterocycles. The number of aryl methyl sites for hydroxylation is 1. The van der Waals surface area contributed by atoms with Crippen LogP contribution in [0.4, 0.5) is 11.5 Å². The van der Waals surface area contributed by atoms with Crippen molar-refractivity contribution in [3.8, 4) is 0 Å². The average Bonchev–Trinajstić information content (AvgIpc) is 2.50. The molecule has 0 unspecified atom stereocenters. The first kappa shape index (κ1) is 13.1. The molecule has 5 heteroatoms. The van der Waals surface area contributed by atoms with Gasteiger partial charge in [0.1, 0.15) is 17.0 Å². The molecule has 0 aliphatic heterocycles. The second kappa shape index (κ2) is 5.20. The van der Waals surface area contributed by atoms with Gasteiger partial charge in [0, 0.05) is 11.9 Å². The number of hydrogen-bond donors (Lipinski definition) is 1. The monoisotopic (exact) mass is 279 g/mol. The van der Waals surface area contributed by atoms with E-state index in [2.05, 4.69) is 10.3 Å². The molecule has 104 valence electrons. The van der Waals surface area contributed by atoms with Gasteiger partial charge in [-0.05, 0) is 31.2 Å². The lowest BCUT2D eigenvalue weighted by Gasteiger charge is -2.09. The van der Waals surface area contributed by atoms with Crippen LogP contribution in [-0.4, -0.2) is 15.7 Å². The van der Waals surface area contributed by atoms with Crippen LogP contribution in [0.5, 0.6) is 0 Å². The summed E-state index contributed by atoms with van der Waals surface area (Å²) in [5.74, 6) is 0.269. The number of fused-ring (bicyclic) bond motifs is 1. The minimum Gasteiger partial charge on any atom is -0.339 e. The van der Waals surface area contributed by atoms with E-state index in [4.69, 9.17) is 0 Å². The summed E-state index contributed by atoms with van der Waals surface area (Å²) < 4.78 is 1.35. The highest BCUT2D eigenvalue weighted by atomic mass is 16.1. The Morgan fingerprint density at radius 2 is 1.90 bits per heavy atom. The van der Waals surface area contributed by atoms with E-state index in [-0.39, 0.29) is 16.9 Å². The quantitative estimate of drug-likeness (QED) is 0.748. The molecule has 5 nitrogen and oxygen atoms in total. The fraction of sp³-hybridized carbons (Fsp3) is 0.0625. The van der Waals surface area contributed by atoms with E-state index >= 15 is 0 Å². The van der Waals surface area contributed by atoms with Gasteiger partial charge in [0.2, 0.25) is 0 Å². The third-order valence-electron chi connectivity index (χ3n) is 3.20. The van der Waals surface area contributed by atoms with Crippen LogP contribution in [0.15, 0.2) is 53.5 Å². The Balaban J connectivity index is 2.15. The maximum atomic E-state index is 12.3. The van der Waals surface area contributed by atoms with Gasteiger partial charge in [0.15, 0.2) is 6.29 Å². The minimum absolute atomic E-state index is 0.0132. The van der Waals surface area contributed by atoms with Crippen molar-refractivity contribution in [2.75, 3.05) is 5.32 Å². The molecule has 1 aromatic carbocycles. The van der Waals surface area contributed by atoms with Crippen LogP contribution in [0.2, 0.25) is 0 Å². The molecule has 21 heavy (non-hydrogen) atoms. The number of aromatic nitrogens is 2. The zero-order chi connectivity index (χ0) is 14.8. The fourth-order valence-electron chi connectivity index (χ4n) is 2.08. The predicted molar refractivity (Wildman–Crippen MR) is 81.3 cm³/mol. The average molecular weight is 279 g/mol. The van der Waals surface area contributed by atoms with Gasteiger partial charge >= 0.3 is 0 Å². The Kier molecular flexibility index (Phi) is 3.23. The second-order valence-corrected chi connectivity index (χ2v) is 4.72. The highest BCUT2D eigenvalue weighted by Crippen LogP contribution is 2.17. The van der Waals surface area contributed by atoms with Gasteiger partial charge < -0.3 is 5.32 Å². The van der Waals surface area contributed by atoms with Crippen molar-refractivity contribution < 1.29 is 4.79 Å². The van der Waals surface area contributed by atoms with Crippen molar-refractivity contribution in [2.45, 2.75) is 6.92 Å². The molecule has 0 amide bonds. The number of carbonyl (C=O) groups excluding carboxylic acids is 1. The van der Waals surface area contributed by atoms with Crippen molar-refractivity contribution in [1.82, 2.24) is 9.38 Å². The number of anilines is 2. The van der Waals surface area contributed by atoms with Crippen LogP contribution in [0.25, 0.3) is 5.65 Å². The van der Waals surface area contributed by atoms with E-state index in [0.717, 1.165) is 11.3 Å². The molecule has 0 saturated heterocycles. The summed E-state index contributed by atoms with van der Waals surface area (Å²) in [5.41, 5.74) is 2.02. The third-order valence-corrected chi connectivity index (χ3v) is 3.20. The summed E-state index contributed by atoms with van der Waals surface area (Å²) >= 11 is 0. The normalized spacial score (nSPS) is 10.5. The SMILES string of the molecule is Cc1ccc(Nc2nc3ccccn3c(=O)c2C=O)cc1. The van der Waals surface area contributed by atoms with Crippen molar-refractivity contribution >= 4 is 23.4 Å². The van der Waals surface area contributed by atoms with E-state index in [1.54, 1.807) is 24.4 Å². The van der Waals surface area contributed by atoms with Crippen LogP contribution < -0.4 is 10.9 Å². The number of carbonyl (C=O) groups is 1. The molecule has 0 radical (unpaired) electrons. The molecule has 0 fully saturated rings. The summed E-state index contributed by atoms with van der Waals surface area (Å²) in [6, 6.07) is 12.9. The number of nitrogens with one attached hydrogen (secondary N) is 1. The Hall–Kier alpha value is -2.95. The molecule has 0 saturated carbocycles. The Morgan fingerprint density at radius 3 is 2.62 bits per heavy atom. The highest BCUT2D eigenvalue weighted by Gasteiger charge is 2.11. The number of benzene rings is 1. The minimum atomic E-state index is -0.384. The lowest BCUT2D eigenvalue weighted by Crippen LogP contribution is -2.21. The van der Waals surface area contributed by atoms with Gasteiger partial charge in [-0.25, -0.2) is 4.98 Å². The van der Waals surface area contributed by atoms with Gasteiger partial charge in [-0.3, -0.25) is 14.0 Å². The van der Waals surface area contributed by atoms with Gasteiger partial charge in [-0.2, -0.15) is 0 Å². The molecule has 3 aromatic rings. The Bertz CT molecular complexity index is 867. The topological polar surface area (TPSA) is 63.5 Å². The third kappa shape index (κ3) is 2.41. The number of nitrogens with zero attached hydrogens (tertiary/aromatic N) is 2. The highest BCUT2D eigenvalue weighted by molar-refractivity contribution is 5.84. The van der Waals surface area contributed by atoms with Gasteiger partial charge in [0.25, 0.3) is 5.56 Å². The molecule has 1 N–H and O–H groups in total. The summed E-state index contributed by atoms with van der Waals surface area (Å²) in [6.45, 7) is 1.99. The molecular weight excluding hydrogens is 266 g/mol. The maximum Gasteiger partial charge on any atom is 0.270 e. The molecule has 0 spiro atoms. The zero-order valence-electron chi connectivity index (χ0n) is 11.4. The van der Waals surface area contributed by atoms with Crippen molar-refractivity contribution in [2.24, 2.45) is 0 Å². The van der Waals surface area contributed by atoms with Crippen LogP contribution in [0.1, 0.15) is 15.9 Å². The first-order chi connectivity index (χ1) is 10.2. The van der Waals surface area contributed by atoms with Crippen molar-refractivity contribution in [3.05, 3.63) is 70.1 Å². The summed E-state index contributed by atoms with van der Waals surface area (Å²) in [7, 11) is 0. The first-order valence-electron chi connectivity index (χ1n) is 6.49. The van der Waals surface area contributed by atoms with Crippen LogP contribution in [0.3, 0.4) is 0 Å². The molecule has 0 atom stereocenters. The molecule has 0 aliphatic rings. The number of aldehydes is 1. The van der Waals surface area contributed by atoms with Crippen molar-refractivity contribution in [1.29, 1.82) is 0 Å². The molecule has 3 rings (SSSR count). The number of hydrogen-bond acceptors (Lipinski definition) is 4. The molecule has 0 aliphatic carbocycles. The zero-order valence-corrected chi connectivity index (χ0v) is 11.4. The maximum absolute atomic E-state index is 12.3. The smallest absolute Gasteiger partial charge is 0.270 e. The predicted octanol–water partition coefficient (Wildman–Crippen LogP) is 2.56. The van der Waals surface area contributed by atoms with Crippen molar-refractivity contribution in [3.63, 3.8) is 0 Å². The van der Waals surface area contributed by atoms with Gasteiger partial charge in [-0.1, -0.05) is 23.8 Å². The lowest BCUT2D eigenvalue weighted by atomic mass is 10.2. The van der Waals surface area contributed by atoms with Crippen LogP contribution in [0, 0.1) is 6.92 Å². The van der Waals surface area contributed by atoms with E-state index in [9.17, 15) is 9.59 Å². The van der Waals surface area contributed by atoms with Gasteiger partial charge in [-0.15, -0.1) is 0 Å². The summed E-state index contributed by atoms with van der Waals surface area (Å²) in [4.78, 5) is 27.9. The second-order valence-electron chi connectivity index (χ2n) is 4.72. The lowest BCUT2D eigenvalue weighted by molar-refractivity contribution is 0.112. The van der Waals surface area contributed by atoms with E-state index in [0.29, 0.717) is 11.9 Å². The number of pyridine rings is 1. The standard InChI is InChI=1S/C16H13N3O2/c1-11-5-7-12(8-6-11)17-15-13(10-20)16(21)19-9-3-2-4-14(19)18-15/h2-10,17H,1H3. The van der Waals surface area contributed by atoms with E-state index in [1.165, 1.54) is 4.40 Å². The van der Waals surface area contributed by atoms with Crippen LogP contribution in [-0.2, 0) is 0 Å². The fourth-order valence-corrected chi connectivity index (χ4v) is 2.08. The molecular formula is C16H13N3O2. The van der Waals surface area contributed by atoms with Crippen LogP contribution >= 0.6 is 0 Å². The van der Waals surface area contributed by atoms with E-state index < -0.39 is 0 Å². The Labute approximate surface area is 120 Å². The molecule has 2 heterocycles. The number of rotatable bonds is 3. The summed E-state index contributed by atoms with van der Waals surface area (Å²) in [6.07, 6.45) is 2.12. The molecule has 0 bridgehead atoms. The van der Waals surface area contributed by atoms with Gasteiger partial charge in [0.05, 0.1) is 0 Å². The first-order valence-corrected chi connectivity index (χ1v) is 6.49. The Morgan fingerprint density at radius 1 is 1.14 bits per heavy atom. The summed E-state index contributed by atoms with van der Waals surface area (Å²) in [5, 5.41) is 3.03.